The molecule has 0 bridgehead atoms. The Hall–Kier alpha value is -3.22. The van der Waals surface area contributed by atoms with Gasteiger partial charge in [-0.1, -0.05) is 0 Å². The topological polar surface area (TPSA) is 85.3 Å². The van der Waals surface area contributed by atoms with Gasteiger partial charge in [-0.2, -0.15) is 0 Å². The Morgan fingerprint density at radius 2 is 1.71 bits per heavy atom. The minimum absolute atomic E-state index is 0.0732. The van der Waals surface area contributed by atoms with E-state index in [-0.39, 0.29) is 17.8 Å². The molecule has 2 rings (SSSR count). The Balaban J connectivity index is 2.19. The van der Waals surface area contributed by atoms with Gasteiger partial charge in [-0.3, -0.25) is 4.79 Å². The van der Waals surface area contributed by atoms with E-state index in [1.165, 1.54) is 11.0 Å². The fraction of sp³-hybridized carbons (Fsp3) is 0.333. The normalized spacial score (nSPS) is 10.5. The average Bonchev–Trinajstić information content (AvgIpc) is 2.66. The molecule has 2 aromatic carbocycles. The van der Waals surface area contributed by atoms with E-state index in [9.17, 15) is 9.59 Å². The number of carbonyl (C=O) groups is 2. The molecule has 7 nitrogen and oxygen atoms in total. The lowest BCUT2D eigenvalue weighted by molar-refractivity contribution is -0.139. The summed E-state index contributed by atoms with van der Waals surface area (Å²) < 4.78 is 16.3. The van der Waals surface area contributed by atoms with E-state index in [0.717, 1.165) is 5.75 Å². The number of aliphatic carboxylic acids is 1. The third-order valence-corrected chi connectivity index (χ3v) is 3.74. The molecule has 0 saturated heterocycles. The summed E-state index contributed by atoms with van der Waals surface area (Å²) in [4.78, 5) is 25.1. The van der Waals surface area contributed by atoms with Crippen LogP contribution in [0.5, 0.6) is 17.2 Å². The third kappa shape index (κ3) is 5.64. The standard InChI is InChI=1S/C21H25NO6/c1-5-26-19-12-15(6-11-18(19)27-13-20(23)24)21(25)22(4)16-7-9-17(10-8-16)28-14(2)3/h6-12,14H,5,13H2,1-4H3,(H,23,24). The van der Waals surface area contributed by atoms with Crippen molar-refractivity contribution in [1.82, 2.24) is 0 Å². The van der Waals surface area contributed by atoms with Crippen molar-refractivity contribution in [3.05, 3.63) is 48.0 Å². The van der Waals surface area contributed by atoms with Gasteiger partial charge in [0.15, 0.2) is 18.1 Å². The van der Waals surface area contributed by atoms with Gasteiger partial charge in [0.1, 0.15) is 5.75 Å². The minimum Gasteiger partial charge on any atom is -0.491 e. The fourth-order valence-corrected chi connectivity index (χ4v) is 2.50. The molecule has 7 heteroatoms. The maximum Gasteiger partial charge on any atom is 0.341 e. The highest BCUT2D eigenvalue weighted by molar-refractivity contribution is 6.06. The molecule has 28 heavy (non-hydrogen) atoms. The summed E-state index contributed by atoms with van der Waals surface area (Å²) >= 11 is 0. The lowest BCUT2D eigenvalue weighted by atomic mass is 10.1. The number of anilines is 1. The molecule has 150 valence electrons. The van der Waals surface area contributed by atoms with Crippen LogP contribution in [0.15, 0.2) is 42.5 Å². The van der Waals surface area contributed by atoms with Crippen LogP contribution in [0.25, 0.3) is 0 Å². The highest BCUT2D eigenvalue weighted by Crippen LogP contribution is 2.30. The summed E-state index contributed by atoms with van der Waals surface area (Å²) in [6, 6.07) is 11.9. The van der Waals surface area contributed by atoms with E-state index < -0.39 is 12.6 Å². The quantitative estimate of drug-likeness (QED) is 0.707. The summed E-state index contributed by atoms with van der Waals surface area (Å²) in [5.41, 5.74) is 1.11. The van der Waals surface area contributed by atoms with Crippen LogP contribution in [0.3, 0.4) is 0 Å². The number of carboxylic acid groups (broad SMARTS) is 1. The summed E-state index contributed by atoms with van der Waals surface area (Å²) in [5, 5.41) is 8.77. The van der Waals surface area contributed by atoms with Crippen molar-refractivity contribution < 1.29 is 28.9 Å². The van der Waals surface area contributed by atoms with Crippen LogP contribution in [-0.2, 0) is 4.79 Å². The van der Waals surface area contributed by atoms with Crippen molar-refractivity contribution in [2.45, 2.75) is 26.9 Å². The first-order chi connectivity index (χ1) is 13.3. The molecule has 0 aliphatic carbocycles. The van der Waals surface area contributed by atoms with Gasteiger partial charge in [-0.15, -0.1) is 0 Å². The van der Waals surface area contributed by atoms with Crippen molar-refractivity contribution in [3.63, 3.8) is 0 Å². The number of hydrogen-bond acceptors (Lipinski definition) is 5. The van der Waals surface area contributed by atoms with Crippen LogP contribution in [0.4, 0.5) is 5.69 Å². The van der Waals surface area contributed by atoms with E-state index in [4.69, 9.17) is 19.3 Å². The van der Waals surface area contributed by atoms with Crippen molar-refractivity contribution in [2.24, 2.45) is 0 Å². The number of benzene rings is 2. The number of hydrogen-bond donors (Lipinski definition) is 1. The first kappa shape index (κ1) is 21.1. The van der Waals surface area contributed by atoms with Crippen LogP contribution < -0.4 is 19.1 Å². The second kappa shape index (κ2) is 9.64. The van der Waals surface area contributed by atoms with Gasteiger partial charge in [0.2, 0.25) is 0 Å². The van der Waals surface area contributed by atoms with Gasteiger partial charge in [0.25, 0.3) is 5.91 Å². The molecule has 0 aliphatic heterocycles. The Morgan fingerprint density at radius 1 is 1.04 bits per heavy atom. The van der Waals surface area contributed by atoms with Gasteiger partial charge in [-0.05, 0) is 63.2 Å². The molecule has 0 atom stereocenters. The number of carboxylic acids is 1. The smallest absolute Gasteiger partial charge is 0.341 e. The largest absolute Gasteiger partial charge is 0.491 e. The fourth-order valence-electron chi connectivity index (χ4n) is 2.50. The SMILES string of the molecule is CCOc1cc(C(=O)N(C)c2ccc(OC(C)C)cc2)ccc1OCC(=O)O. The number of nitrogens with zero attached hydrogens (tertiary/aromatic N) is 1. The molecule has 0 radical (unpaired) electrons. The maximum atomic E-state index is 12.8. The van der Waals surface area contributed by atoms with E-state index >= 15 is 0 Å². The zero-order chi connectivity index (χ0) is 20.7. The van der Waals surface area contributed by atoms with Crippen LogP contribution >= 0.6 is 0 Å². The Kier molecular flexibility index (Phi) is 7.26. The van der Waals surface area contributed by atoms with Crippen LogP contribution in [0, 0.1) is 0 Å². The number of carbonyl (C=O) groups excluding carboxylic acids is 1. The molecular weight excluding hydrogens is 362 g/mol. The zero-order valence-corrected chi connectivity index (χ0v) is 16.5. The summed E-state index contributed by atoms with van der Waals surface area (Å²) in [5.74, 6) is 0.0102. The lowest BCUT2D eigenvalue weighted by Crippen LogP contribution is -2.26. The highest BCUT2D eigenvalue weighted by atomic mass is 16.5. The minimum atomic E-state index is -1.09. The zero-order valence-electron chi connectivity index (χ0n) is 16.5. The van der Waals surface area contributed by atoms with Crippen LogP contribution in [0.2, 0.25) is 0 Å². The molecule has 1 amide bonds. The molecule has 0 aliphatic rings. The molecular formula is C21H25NO6. The second-order valence-electron chi connectivity index (χ2n) is 6.30. The summed E-state index contributed by atoms with van der Waals surface area (Å²) in [6.45, 7) is 5.56. The van der Waals surface area contributed by atoms with Gasteiger partial charge < -0.3 is 24.2 Å². The highest BCUT2D eigenvalue weighted by Gasteiger charge is 2.17. The average molecular weight is 387 g/mol. The third-order valence-electron chi connectivity index (χ3n) is 3.74. The molecule has 0 aromatic heterocycles. The van der Waals surface area contributed by atoms with Crippen molar-refractivity contribution in [3.8, 4) is 17.2 Å². The first-order valence-electron chi connectivity index (χ1n) is 8.98. The van der Waals surface area contributed by atoms with Gasteiger partial charge in [-0.25, -0.2) is 4.79 Å². The van der Waals surface area contributed by atoms with Crippen LogP contribution in [0.1, 0.15) is 31.1 Å². The monoisotopic (exact) mass is 387 g/mol. The number of rotatable bonds is 9. The molecule has 2 aromatic rings. The molecule has 0 unspecified atom stereocenters. The molecule has 1 N–H and O–H groups in total. The lowest BCUT2D eigenvalue weighted by Gasteiger charge is -2.19. The van der Waals surface area contributed by atoms with Crippen molar-refractivity contribution in [2.75, 3.05) is 25.2 Å². The van der Waals surface area contributed by atoms with Gasteiger partial charge in [0.05, 0.1) is 12.7 Å². The maximum absolute atomic E-state index is 12.8. The predicted octanol–water partition coefficient (Wildman–Crippen LogP) is 3.61. The summed E-state index contributed by atoms with van der Waals surface area (Å²) in [7, 11) is 1.68. The number of amides is 1. The van der Waals surface area contributed by atoms with Crippen molar-refractivity contribution >= 4 is 17.6 Å². The Bertz CT molecular complexity index is 816. The molecule has 0 heterocycles. The van der Waals surface area contributed by atoms with E-state index in [1.807, 2.05) is 38.1 Å². The van der Waals surface area contributed by atoms with Crippen LogP contribution in [-0.4, -0.2) is 43.3 Å². The molecule has 0 fully saturated rings. The van der Waals surface area contributed by atoms with E-state index in [1.54, 1.807) is 26.1 Å². The van der Waals surface area contributed by atoms with Gasteiger partial charge in [0, 0.05) is 18.3 Å². The number of ether oxygens (including phenoxy) is 3. The second-order valence-corrected chi connectivity index (χ2v) is 6.30. The Labute approximate surface area is 164 Å². The molecule has 0 saturated carbocycles. The van der Waals surface area contributed by atoms with Crippen molar-refractivity contribution in [1.29, 1.82) is 0 Å². The first-order valence-corrected chi connectivity index (χ1v) is 8.98. The van der Waals surface area contributed by atoms with Gasteiger partial charge >= 0.3 is 5.97 Å². The predicted molar refractivity (Wildman–Crippen MR) is 106 cm³/mol. The van der Waals surface area contributed by atoms with E-state index in [0.29, 0.717) is 23.6 Å². The van der Waals surface area contributed by atoms with E-state index in [2.05, 4.69) is 0 Å². The summed E-state index contributed by atoms with van der Waals surface area (Å²) in [6.07, 6.45) is 0.0732. The Morgan fingerprint density at radius 3 is 2.29 bits per heavy atom. The molecule has 0 spiro atoms.